The first-order chi connectivity index (χ1) is 18.7. The van der Waals surface area contributed by atoms with Crippen LogP contribution in [0.2, 0.25) is 0 Å². The fourth-order valence-electron chi connectivity index (χ4n) is 4.98. The van der Waals surface area contributed by atoms with Gasteiger partial charge < -0.3 is 10.2 Å². The second-order valence-corrected chi connectivity index (χ2v) is 12.0. The molecule has 5 rings (SSSR count). The molecule has 1 aliphatic rings. The monoisotopic (exact) mass is 549 g/mol. The number of fused-ring (bicyclic) bond motifs is 1. The van der Waals surface area contributed by atoms with E-state index in [-0.39, 0.29) is 11.4 Å². The lowest BCUT2D eigenvalue weighted by Crippen LogP contribution is -2.36. The molecule has 11 heteroatoms. The molecule has 0 aliphatic heterocycles. The number of rotatable bonds is 8. The van der Waals surface area contributed by atoms with Gasteiger partial charge in [-0.1, -0.05) is 6.07 Å². The van der Waals surface area contributed by atoms with Gasteiger partial charge in [-0.05, 0) is 88.2 Å². The van der Waals surface area contributed by atoms with Crippen LogP contribution in [0.3, 0.4) is 0 Å². The molecule has 3 heterocycles. The van der Waals surface area contributed by atoms with Crippen molar-refractivity contribution in [1.29, 1.82) is 0 Å². The maximum atomic E-state index is 15.0. The number of sulfonamides is 1. The highest BCUT2D eigenvalue weighted by molar-refractivity contribution is 7.91. The summed E-state index contributed by atoms with van der Waals surface area (Å²) >= 11 is 0. The van der Waals surface area contributed by atoms with Crippen LogP contribution in [0.5, 0.6) is 0 Å². The topological polar surface area (TPSA) is 113 Å². The molecule has 0 amide bonds. The number of anilines is 2. The summed E-state index contributed by atoms with van der Waals surface area (Å²) in [5, 5.41) is 3.48. The molecule has 1 fully saturated rings. The summed E-state index contributed by atoms with van der Waals surface area (Å²) in [7, 11) is 0.456. The Labute approximate surface area is 228 Å². The van der Waals surface area contributed by atoms with Gasteiger partial charge in [0.2, 0.25) is 16.0 Å². The summed E-state index contributed by atoms with van der Waals surface area (Å²) in [4.78, 5) is 20.0. The van der Waals surface area contributed by atoms with Crippen LogP contribution >= 0.6 is 0 Å². The smallest absolute Gasteiger partial charge is 0.237 e. The van der Waals surface area contributed by atoms with Crippen LogP contribution in [0, 0.1) is 12.7 Å². The number of benzene rings is 1. The maximum absolute atomic E-state index is 15.0. The summed E-state index contributed by atoms with van der Waals surface area (Å²) in [5.41, 5.74) is 3.74. The second-order valence-electron chi connectivity index (χ2n) is 10.3. The number of halogens is 1. The van der Waals surface area contributed by atoms with Gasteiger partial charge in [-0.3, -0.25) is 9.71 Å². The van der Waals surface area contributed by atoms with Crippen molar-refractivity contribution in [1.82, 2.24) is 24.8 Å². The Kier molecular flexibility index (Phi) is 7.72. The van der Waals surface area contributed by atoms with Crippen LogP contribution < -0.4 is 10.0 Å². The SMILES string of the molecule is Cc1cc(-c2ccc(NS(=O)(=O)Cc3ccncc3)c(F)c2)nc2cnc(N[C@H]3CC[C@H](N(C)C)CC3)nc12. The largest absolute Gasteiger partial charge is 0.351 e. The van der Waals surface area contributed by atoms with Crippen molar-refractivity contribution in [2.45, 2.75) is 50.4 Å². The van der Waals surface area contributed by atoms with E-state index in [0.29, 0.717) is 40.4 Å². The first kappa shape index (κ1) is 26.9. The number of nitrogens with one attached hydrogen (secondary N) is 2. The zero-order valence-electron chi connectivity index (χ0n) is 22.2. The summed E-state index contributed by atoms with van der Waals surface area (Å²) in [6.07, 6.45) is 9.14. The predicted molar refractivity (Wildman–Crippen MR) is 151 cm³/mol. The van der Waals surface area contributed by atoms with Crippen LogP contribution in [0.15, 0.2) is 55.0 Å². The van der Waals surface area contributed by atoms with E-state index in [0.717, 1.165) is 36.8 Å². The molecule has 0 spiro atoms. The highest BCUT2D eigenvalue weighted by Crippen LogP contribution is 2.28. The number of nitrogens with zero attached hydrogens (tertiary/aromatic N) is 5. The van der Waals surface area contributed by atoms with Gasteiger partial charge in [0.25, 0.3) is 0 Å². The van der Waals surface area contributed by atoms with Crippen LogP contribution in [0.4, 0.5) is 16.0 Å². The molecule has 1 saturated carbocycles. The van der Waals surface area contributed by atoms with Crippen LogP contribution in [0.1, 0.15) is 36.8 Å². The fraction of sp³-hybridized carbons (Fsp3) is 0.357. The Hall–Kier alpha value is -3.70. The molecule has 0 bridgehead atoms. The molecular formula is C28H32FN7O2S. The molecular weight excluding hydrogens is 517 g/mol. The average molecular weight is 550 g/mol. The summed E-state index contributed by atoms with van der Waals surface area (Å²) < 4.78 is 42.4. The van der Waals surface area contributed by atoms with Gasteiger partial charge in [0.05, 0.1) is 28.8 Å². The predicted octanol–water partition coefficient (Wildman–Crippen LogP) is 4.76. The molecule has 0 saturated heterocycles. The van der Waals surface area contributed by atoms with Gasteiger partial charge in [-0.15, -0.1) is 0 Å². The highest BCUT2D eigenvalue weighted by atomic mass is 32.2. The lowest BCUT2D eigenvalue weighted by Gasteiger charge is -2.32. The standard InChI is InChI=1S/C28H32FN7O2S/c1-18-14-25(20-4-9-24(23(29)15-20)35-39(37,38)17-19-10-12-30-13-11-19)33-26-16-31-28(34-27(18)26)32-21-5-7-22(8-6-21)36(2)3/h4,9-16,21-22,35H,5-8,17H2,1-3H3,(H,31,32,34)/t21-,22-. The molecule has 4 aromatic rings. The second kappa shape index (κ2) is 11.2. The minimum absolute atomic E-state index is 0.121. The number of pyridine rings is 2. The Morgan fingerprint density at radius 3 is 2.46 bits per heavy atom. The third-order valence-corrected chi connectivity index (χ3v) is 8.38. The van der Waals surface area contributed by atoms with Crippen LogP contribution in [-0.4, -0.2) is 59.4 Å². The van der Waals surface area contributed by atoms with Crippen LogP contribution in [-0.2, 0) is 15.8 Å². The van der Waals surface area contributed by atoms with Crippen molar-refractivity contribution < 1.29 is 12.8 Å². The van der Waals surface area contributed by atoms with Crippen LogP contribution in [0.25, 0.3) is 22.3 Å². The van der Waals surface area contributed by atoms with Crippen molar-refractivity contribution in [2.24, 2.45) is 0 Å². The first-order valence-corrected chi connectivity index (χ1v) is 14.6. The van der Waals surface area contributed by atoms with E-state index >= 15 is 0 Å². The van der Waals surface area contributed by atoms with E-state index in [1.807, 2.05) is 13.0 Å². The van der Waals surface area contributed by atoms with Gasteiger partial charge in [0.1, 0.15) is 11.3 Å². The molecule has 39 heavy (non-hydrogen) atoms. The Bertz CT molecular complexity index is 1570. The third kappa shape index (κ3) is 6.48. The summed E-state index contributed by atoms with van der Waals surface area (Å²) in [6, 6.07) is 10.3. The molecule has 0 atom stereocenters. The number of hydrogen-bond donors (Lipinski definition) is 2. The lowest BCUT2D eigenvalue weighted by atomic mass is 9.91. The minimum Gasteiger partial charge on any atom is -0.351 e. The van der Waals surface area contributed by atoms with E-state index in [1.165, 1.54) is 24.5 Å². The molecule has 1 aromatic carbocycles. The van der Waals surface area contributed by atoms with Crippen molar-refractivity contribution in [3.8, 4) is 11.3 Å². The molecule has 2 N–H and O–H groups in total. The average Bonchev–Trinajstić information content (AvgIpc) is 2.90. The zero-order chi connectivity index (χ0) is 27.6. The van der Waals surface area contributed by atoms with Gasteiger partial charge in [0, 0.05) is 30.0 Å². The Morgan fingerprint density at radius 2 is 1.77 bits per heavy atom. The van der Waals surface area contributed by atoms with Gasteiger partial charge in [-0.25, -0.2) is 27.8 Å². The van der Waals surface area contributed by atoms with Crippen molar-refractivity contribution in [2.75, 3.05) is 24.1 Å². The quantitative estimate of drug-likeness (QED) is 0.324. The van der Waals surface area contributed by atoms with Crippen molar-refractivity contribution in [3.05, 3.63) is 71.9 Å². The molecule has 1 aliphatic carbocycles. The number of aromatic nitrogens is 4. The van der Waals surface area contributed by atoms with Crippen molar-refractivity contribution in [3.63, 3.8) is 0 Å². The van der Waals surface area contributed by atoms with Crippen molar-refractivity contribution >= 4 is 32.7 Å². The van der Waals surface area contributed by atoms with Gasteiger partial charge in [-0.2, -0.15) is 0 Å². The lowest BCUT2D eigenvalue weighted by molar-refractivity contribution is 0.221. The van der Waals surface area contributed by atoms with E-state index in [9.17, 15) is 12.8 Å². The van der Waals surface area contributed by atoms with Gasteiger partial charge >= 0.3 is 0 Å². The fourth-order valence-corrected chi connectivity index (χ4v) is 6.18. The van der Waals surface area contributed by atoms with E-state index in [2.05, 4.69) is 44.0 Å². The van der Waals surface area contributed by atoms with E-state index in [4.69, 9.17) is 4.98 Å². The minimum atomic E-state index is -3.80. The Balaban J connectivity index is 1.31. The van der Waals surface area contributed by atoms with E-state index in [1.54, 1.807) is 24.4 Å². The molecule has 9 nitrogen and oxygen atoms in total. The third-order valence-electron chi connectivity index (χ3n) is 7.13. The zero-order valence-corrected chi connectivity index (χ0v) is 23.0. The first-order valence-electron chi connectivity index (χ1n) is 12.9. The highest BCUT2D eigenvalue weighted by Gasteiger charge is 2.23. The number of aryl methyl sites for hydroxylation is 1. The molecule has 0 unspecified atom stereocenters. The molecule has 204 valence electrons. The normalized spacial score (nSPS) is 17.9. The molecule has 3 aromatic heterocycles. The number of hydrogen-bond acceptors (Lipinski definition) is 8. The maximum Gasteiger partial charge on any atom is 0.237 e. The van der Waals surface area contributed by atoms with Gasteiger partial charge in [0.15, 0.2) is 0 Å². The molecule has 0 radical (unpaired) electrons. The summed E-state index contributed by atoms with van der Waals surface area (Å²) in [5.74, 6) is -0.385. The Morgan fingerprint density at radius 1 is 1.03 bits per heavy atom. The van der Waals surface area contributed by atoms with E-state index < -0.39 is 15.8 Å². The summed E-state index contributed by atoms with van der Waals surface area (Å²) in [6.45, 7) is 1.94.